The van der Waals surface area contributed by atoms with Crippen LogP contribution < -0.4 is 15.4 Å². The maximum absolute atomic E-state index is 12.9. The molecule has 3 N–H and O–H groups in total. The summed E-state index contributed by atoms with van der Waals surface area (Å²) in [5.41, 5.74) is 0.963. The van der Waals surface area contributed by atoms with Gasteiger partial charge in [-0.2, -0.15) is 0 Å². The highest BCUT2D eigenvalue weighted by Gasteiger charge is 2.25. The number of carboxylic acids is 1. The Hall–Kier alpha value is -3.61. The minimum atomic E-state index is -1.15. The predicted octanol–water partition coefficient (Wildman–Crippen LogP) is 3.47. The summed E-state index contributed by atoms with van der Waals surface area (Å²) in [6.45, 7) is 7.23. The van der Waals surface area contributed by atoms with Crippen molar-refractivity contribution in [2.75, 3.05) is 0 Å². The molecule has 2 aromatic rings. The number of aliphatic carboxylic acids is 1. The summed E-state index contributed by atoms with van der Waals surface area (Å²) >= 11 is 0. The summed E-state index contributed by atoms with van der Waals surface area (Å²) in [5.74, 6) is -1.96. The van der Waals surface area contributed by atoms with Crippen molar-refractivity contribution in [1.82, 2.24) is 10.6 Å². The topological polar surface area (TPSA) is 105 Å². The third-order valence-electron chi connectivity index (χ3n) is 4.31. The maximum atomic E-state index is 12.9. The van der Waals surface area contributed by atoms with Crippen molar-refractivity contribution >= 4 is 23.9 Å². The van der Waals surface area contributed by atoms with E-state index in [9.17, 15) is 19.5 Å². The van der Waals surface area contributed by atoms with Crippen LogP contribution in [0.4, 0.5) is 0 Å². The average molecular weight is 424 g/mol. The first-order valence-electron chi connectivity index (χ1n) is 10.1. The van der Waals surface area contributed by atoms with Gasteiger partial charge in [-0.05, 0) is 55.7 Å². The molecule has 0 aliphatic rings. The largest absolute Gasteiger partial charge is 0.491 e. The van der Waals surface area contributed by atoms with Gasteiger partial charge in [-0.25, -0.2) is 4.79 Å². The summed E-state index contributed by atoms with van der Waals surface area (Å²) in [5, 5.41) is 14.5. The molecule has 0 heterocycles. The van der Waals surface area contributed by atoms with Crippen LogP contribution in [0.2, 0.25) is 0 Å². The predicted molar refractivity (Wildman–Crippen MR) is 118 cm³/mol. The van der Waals surface area contributed by atoms with Crippen LogP contribution in [0, 0.1) is 5.92 Å². The van der Waals surface area contributed by atoms with E-state index in [2.05, 4.69) is 10.6 Å². The fraction of sp³-hybridized carbons (Fsp3) is 0.292. The van der Waals surface area contributed by atoms with Crippen LogP contribution in [0.25, 0.3) is 6.08 Å². The first-order valence-corrected chi connectivity index (χ1v) is 10.1. The van der Waals surface area contributed by atoms with Crippen LogP contribution in [0.1, 0.15) is 43.6 Å². The van der Waals surface area contributed by atoms with Gasteiger partial charge in [-0.3, -0.25) is 9.59 Å². The number of ether oxygens (including phenoxy) is 1. The zero-order chi connectivity index (χ0) is 23.0. The van der Waals surface area contributed by atoms with Crippen molar-refractivity contribution in [3.8, 4) is 5.75 Å². The van der Waals surface area contributed by atoms with Gasteiger partial charge in [0.05, 0.1) is 6.10 Å². The number of rotatable bonds is 9. The molecule has 7 heteroatoms. The summed E-state index contributed by atoms with van der Waals surface area (Å²) in [7, 11) is 0. The first kappa shape index (κ1) is 23.7. The van der Waals surface area contributed by atoms with E-state index in [1.54, 1.807) is 68.4 Å². The number of benzene rings is 2. The molecule has 0 radical (unpaired) electrons. The second-order valence-electron chi connectivity index (χ2n) is 7.65. The Labute approximate surface area is 182 Å². The third-order valence-corrected chi connectivity index (χ3v) is 4.31. The molecule has 2 amide bonds. The highest BCUT2D eigenvalue weighted by atomic mass is 16.5. The van der Waals surface area contributed by atoms with E-state index < -0.39 is 23.8 Å². The molecule has 164 valence electrons. The third kappa shape index (κ3) is 7.29. The molecule has 0 bridgehead atoms. The van der Waals surface area contributed by atoms with Crippen molar-refractivity contribution in [3.05, 3.63) is 71.4 Å². The van der Waals surface area contributed by atoms with Crippen molar-refractivity contribution < 1.29 is 24.2 Å². The van der Waals surface area contributed by atoms with Crippen LogP contribution in [-0.2, 0) is 9.59 Å². The van der Waals surface area contributed by atoms with E-state index in [4.69, 9.17) is 4.74 Å². The van der Waals surface area contributed by atoms with Crippen LogP contribution in [0.15, 0.2) is 60.3 Å². The monoisotopic (exact) mass is 424 g/mol. The van der Waals surface area contributed by atoms with Gasteiger partial charge in [-0.1, -0.05) is 44.2 Å². The maximum Gasteiger partial charge on any atom is 0.326 e. The van der Waals surface area contributed by atoms with Gasteiger partial charge in [0, 0.05) is 5.56 Å². The highest BCUT2D eigenvalue weighted by molar-refractivity contribution is 6.06. The van der Waals surface area contributed by atoms with E-state index in [0.29, 0.717) is 16.9 Å². The molecule has 0 aromatic heterocycles. The molecule has 0 aliphatic heterocycles. The quantitative estimate of drug-likeness (QED) is 0.535. The Morgan fingerprint density at radius 3 is 2.06 bits per heavy atom. The molecule has 1 unspecified atom stereocenters. The SMILES string of the molecule is CC(C)Oc1ccc(/C=C(\NC(=O)c2ccccc2)C(=O)NC(C(=O)O)C(C)C)cc1. The summed E-state index contributed by atoms with van der Waals surface area (Å²) in [6.07, 6.45) is 1.52. The lowest BCUT2D eigenvalue weighted by Crippen LogP contribution is -2.47. The van der Waals surface area contributed by atoms with Crippen LogP contribution in [0.5, 0.6) is 5.75 Å². The number of carbonyl (C=O) groups is 3. The molecular weight excluding hydrogens is 396 g/mol. The number of carboxylic acid groups (broad SMARTS) is 1. The molecule has 2 aromatic carbocycles. The van der Waals surface area contributed by atoms with Gasteiger partial charge < -0.3 is 20.5 Å². The number of amides is 2. The number of hydrogen-bond donors (Lipinski definition) is 3. The second kappa shape index (κ2) is 11.0. The zero-order valence-corrected chi connectivity index (χ0v) is 18.1. The minimum Gasteiger partial charge on any atom is -0.491 e. The molecule has 0 spiro atoms. The van der Waals surface area contributed by atoms with E-state index in [-0.39, 0.29) is 17.7 Å². The van der Waals surface area contributed by atoms with Crippen molar-refractivity contribution in [1.29, 1.82) is 0 Å². The Kier molecular flexibility index (Phi) is 8.37. The Morgan fingerprint density at radius 1 is 0.935 bits per heavy atom. The minimum absolute atomic E-state index is 0.0249. The molecule has 0 saturated heterocycles. The molecule has 0 fully saturated rings. The molecule has 0 saturated carbocycles. The molecule has 7 nitrogen and oxygen atoms in total. The van der Waals surface area contributed by atoms with E-state index >= 15 is 0 Å². The van der Waals surface area contributed by atoms with Crippen molar-refractivity contribution in [2.45, 2.75) is 39.8 Å². The molecule has 2 rings (SSSR count). The number of carbonyl (C=O) groups excluding carboxylic acids is 2. The lowest BCUT2D eigenvalue weighted by atomic mass is 10.0. The van der Waals surface area contributed by atoms with Crippen molar-refractivity contribution in [3.63, 3.8) is 0 Å². The van der Waals surface area contributed by atoms with Gasteiger partial charge >= 0.3 is 5.97 Å². The Bertz CT molecular complexity index is 934. The Balaban J connectivity index is 2.32. The fourth-order valence-electron chi connectivity index (χ4n) is 2.76. The van der Waals surface area contributed by atoms with Crippen molar-refractivity contribution in [2.24, 2.45) is 5.92 Å². The second-order valence-corrected chi connectivity index (χ2v) is 7.65. The zero-order valence-electron chi connectivity index (χ0n) is 18.1. The van der Waals surface area contributed by atoms with Gasteiger partial charge in [0.2, 0.25) is 0 Å². The first-order chi connectivity index (χ1) is 14.7. The van der Waals surface area contributed by atoms with Crippen LogP contribution in [-0.4, -0.2) is 35.0 Å². The smallest absolute Gasteiger partial charge is 0.326 e. The molecule has 31 heavy (non-hydrogen) atoms. The average Bonchev–Trinajstić information content (AvgIpc) is 2.72. The number of hydrogen-bond acceptors (Lipinski definition) is 4. The summed E-state index contributed by atoms with van der Waals surface area (Å²) < 4.78 is 5.61. The summed E-state index contributed by atoms with van der Waals surface area (Å²) in [4.78, 5) is 37.0. The molecule has 0 aliphatic carbocycles. The lowest BCUT2D eigenvalue weighted by Gasteiger charge is -2.19. The fourth-order valence-corrected chi connectivity index (χ4v) is 2.76. The highest BCUT2D eigenvalue weighted by Crippen LogP contribution is 2.16. The lowest BCUT2D eigenvalue weighted by molar-refractivity contribution is -0.142. The van der Waals surface area contributed by atoms with Crippen LogP contribution in [0.3, 0.4) is 0 Å². The van der Waals surface area contributed by atoms with E-state index in [1.807, 2.05) is 13.8 Å². The standard InChI is InChI=1S/C24H28N2O5/c1-15(2)21(24(29)30)26-23(28)20(25-22(27)18-8-6-5-7-9-18)14-17-10-12-19(13-11-17)31-16(3)4/h5-16,21H,1-4H3,(H,25,27)(H,26,28)(H,29,30)/b20-14-. The van der Waals surface area contributed by atoms with Gasteiger partial charge in [0.15, 0.2) is 0 Å². The van der Waals surface area contributed by atoms with Gasteiger partial charge in [0.25, 0.3) is 11.8 Å². The van der Waals surface area contributed by atoms with E-state index in [0.717, 1.165) is 0 Å². The van der Waals surface area contributed by atoms with Gasteiger partial charge in [0.1, 0.15) is 17.5 Å². The summed E-state index contributed by atoms with van der Waals surface area (Å²) in [6, 6.07) is 14.4. The van der Waals surface area contributed by atoms with Crippen LogP contribution >= 0.6 is 0 Å². The van der Waals surface area contributed by atoms with Gasteiger partial charge in [-0.15, -0.1) is 0 Å². The van der Waals surface area contributed by atoms with E-state index in [1.165, 1.54) is 6.08 Å². The Morgan fingerprint density at radius 2 is 1.55 bits per heavy atom. The molecular formula is C24H28N2O5. The normalized spacial score (nSPS) is 12.4. The molecule has 1 atom stereocenters. The number of nitrogens with one attached hydrogen (secondary N) is 2.